The van der Waals surface area contributed by atoms with Crippen molar-refractivity contribution in [2.24, 2.45) is 0 Å². The minimum absolute atomic E-state index is 0.185. The van der Waals surface area contributed by atoms with E-state index in [4.69, 9.17) is 0 Å². The summed E-state index contributed by atoms with van der Waals surface area (Å²) >= 11 is 0. The molecule has 0 fully saturated rings. The Morgan fingerprint density at radius 1 is 0.418 bits per heavy atom. The molecule has 1 aliphatic carbocycles. The van der Waals surface area contributed by atoms with Crippen molar-refractivity contribution in [3.63, 3.8) is 0 Å². The maximum absolute atomic E-state index is 2.50. The van der Waals surface area contributed by atoms with Crippen LogP contribution in [0.2, 0.25) is 0 Å². The monoisotopic (exact) mass is 862 g/mol. The predicted octanol–water partition coefficient (Wildman–Crippen LogP) is 16.9. The van der Waals surface area contributed by atoms with Crippen molar-refractivity contribution in [1.82, 2.24) is 4.57 Å². The second-order valence-corrected chi connectivity index (χ2v) is 18.2. The Labute approximate surface area is 393 Å². The maximum atomic E-state index is 2.50. The number of aromatic nitrogens is 1. The summed E-state index contributed by atoms with van der Waals surface area (Å²) in [5, 5.41) is 2.46. The number of allylic oxidation sites excluding steroid dienone is 2. The summed E-state index contributed by atoms with van der Waals surface area (Å²) in [7, 11) is 0. The average Bonchev–Trinajstić information content (AvgIpc) is 3.85. The number of nitrogens with zero attached hydrogens (tertiary/aromatic N) is 4. The number of hydrogen-bond donors (Lipinski definition) is 0. The van der Waals surface area contributed by atoms with Crippen LogP contribution >= 0.6 is 0 Å². The number of fused-ring (bicyclic) bond motifs is 6. The fourth-order valence-electron chi connectivity index (χ4n) is 10.5. The van der Waals surface area contributed by atoms with Gasteiger partial charge in [-0.05, 0) is 153 Å². The van der Waals surface area contributed by atoms with Crippen LogP contribution in [0.15, 0.2) is 243 Å². The van der Waals surface area contributed by atoms with Crippen molar-refractivity contribution in [1.29, 1.82) is 0 Å². The molecule has 67 heavy (non-hydrogen) atoms. The minimum atomic E-state index is -0.185. The molecule has 1 aromatic heterocycles. The van der Waals surface area contributed by atoms with Gasteiger partial charge in [-0.2, -0.15) is 0 Å². The molecule has 10 aromatic rings. The highest BCUT2D eigenvalue weighted by Crippen LogP contribution is 2.53. The molecule has 2 heterocycles. The molecule has 12 rings (SSSR count). The van der Waals surface area contributed by atoms with Crippen molar-refractivity contribution < 1.29 is 0 Å². The van der Waals surface area contributed by atoms with E-state index in [-0.39, 0.29) is 11.5 Å². The molecular weight excluding hydrogens is 813 g/mol. The third-order valence-corrected chi connectivity index (χ3v) is 13.9. The van der Waals surface area contributed by atoms with E-state index in [0.717, 1.165) is 50.9 Å². The van der Waals surface area contributed by atoms with Gasteiger partial charge in [-0.3, -0.25) is 0 Å². The van der Waals surface area contributed by atoms with E-state index in [1.807, 2.05) is 0 Å². The Balaban J connectivity index is 0.899. The molecule has 0 spiro atoms. The van der Waals surface area contributed by atoms with Crippen LogP contribution in [0.25, 0.3) is 38.6 Å². The summed E-state index contributed by atoms with van der Waals surface area (Å²) in [5.74, 6) is 0. The van der Waals surface area contributed by atoms with Gasteiger partial charge in [-0.1, -0.05) is 139 Å². The molecule has 1 aliphatic heterocycles. The van der Waals surface area contributed by atoms with Gasteiger partial charge >= 0.3 is 0 Å². The van der Waals surface area contributed by atoms with Gasteiger partial charge in [0.15, 0.2) is 0 Å². The molecule has 2 atom stereocenters. The quantitative estimate of drug-likeness (QED) is 0.144. The topological polar surface area (TPSA) is 14.7 Å². The number of para-hydroxylation sites is 3. The lowest BCUT2D eigenvalue weighted by molar-refractivity contribution is 0.551. The second-order valence-electron chi connectivity index (χ2n) is 18.2. The van der Waals surface area contributed by atoms with Crippen LogP contribution in [-0.4, -0.2) is 10.6 Å². The molecule has 0 amide bonds. The number of aryl methyl sites for hydroxylation is 2. The van der Waals surface area contributed by atoms with Crippen LogP contribution < -0.4 is 14.7 Å². The van der Waals surface area contributed by atoms with Crippen molar-refractivity contribution in [3.8, 4) is 16.8 Å². The maximum Gasteiger partial charge on any atom is 0.0655 e. The molecule has 9 aromatic carbocycles. The SMILES string of the molecule is Cc1ccc(N(c2ccc(-c3ccc(N(c4ccc(C)cc4)c4ccc5c(c4)c4ccccc4n5-c4ccccc4)cc3)cc2)c2ccc3c(c2)C2(C)C=CC=CC2N3c2ccccc2)cc1. The third kappa shape index (κ3) is 6.92. The fraction of sp³-hybridized carbons (Fsp3) is 0.0794. The fourth-order valence-corrected chi connectivity index (χ4v) is 10.5. The summed E-state index contributed by atoms with van der Waals surface area (Å²) in [5.41, 5.74) is 18.6. The van der Waals surface area contributed by atoms with Gasteiger partial charge in [0, 0.05) is 67.4 Å². The summed E-state index contributed by atoms with van der Waals surface area (Å²) in [6.07, 6.45) is 9.12. The zero-order valence-corrected chi connectivity index (χ0v) is 38.0. The van der Waals surface area contributed by atoms with Gasteiger partial charge in [0.05, 0.1) is 17.1 Å². The Morgan fingerprint density at radius 3 is 1.49 bits per heavy atom. The van der Waals surface area contributed by atoms with Crippen molar-refractivity contribution >= 4 is 67.3 Å². The third-order valence-electron chi connectivity index (χ3n) is 13.9. The zero-order chi connectivity index (χ0) is 45.1. The van der Waals surface area contributed by atoms with E-state index in [2.05, 4.69) is 283 Å². The van der Waals surface area contributed by atoms with Crippen LogP contribution in [0.5, 0.6) is 0 Å². The Bertz CT molecular complexity index is 3480. The van der Waals surface area contributed by atoms with Gasteiger partial charge < -0.3 is 19.3 Å². The summed E-state index contributed by atoms with van der Waals surface area (Å²) in [4.78, 5) is 7.27. The molecule has 2 aliphatic rings. The summed E-state index contributed by atoms with van der Waals surface area (Å²) in [6.45, 7) is 6.67. The van der Waals surface area contributed by atoms with E-state index >= 15 is 0 Å². The van der Waals surface area contributed by atoms with E-state index in [9.17, 15) is 0 Å². The van der Waals surface area contributed by atoms with Gasteiger partial charge in [-0.15, -0.1) is 0 Å². The lowest BCUT2D eigenvalue weighted by Gasteiger charge is -2.34. The average molecular weight is 863 g/mol. The highest BCUT2D eigenvalue weighted by Gasteiger charge is 2.46. The first kappa shape index (κ1) is 40.2. The Kier molecular flexibility index (Phi) is 9.76. The first-order valence-corrected chi connectivity index (χ1v) is 23.3. The first-order chi connectivity index (χ1) is 32.9. The highest BCUT2D eigenvalue weighted by molar-refractivity contribution is 6.10. The standard InChI is InChI=1S/C63H50N4/c1-44-21-29-50(30-22-44)64(54-37-39-60-57(42-54)56-18-10-11-19-59(56)66(60)48-14-6-4-7-15-48)52-33-25-46(26-34-52)47-27-35-53(36-28-47)65(51-31-23-45(2)24-32-51)55-38-40-61-58(43-55)63(3)41-13-12-20-62(63)67(61)49-16-8-5-9-17-49/h4-43,62H,1-3H3. The smallest absolute Gasteiger partial charge is 0.0655 e. The summed E-state index contributed by atoms with van der Waals surface area (Å²) in [6, 6.07) is 80.1. The van der Waals surface area contributed by atoms with Gasteiger partial charge in [0.25, 0.3) is 0 Å². The molecule has 322 valence electrons. The van der Waals surface area contributed by atoms with Crippen molar-refractivity contribution in [2.45, 2.75) is 32.2 Å². The number of hydrogen-bond acceptors (Lipinski definition) is 3. The molecular formula is C63H50N4. The molecule has 0 bridgehead atoms. The number of rotatable bonds is 9. The second kappa shape index (κ2) is 16.3. The van der Waals surface area contributed by atoms with Crippen LogP contribution in [0.3, 0.4) is 0 Å². The molecule has 4 nitrogen and oxygen atoms in total. The molecule has 0 saturated heterocycles. The van der Waals surface area contributed by atoms with Crippen LogP contribution in [0.4, 0.5) is 45.5 Å². The summed E-state index contributed by atoms with van der Waals surface area (Å²) < 4.78 is 2.37. The van der Waals surface area contributed by atoms with E-state index in [0.29, 0.717) is 0 Å². The zero-order valence-electron chi connectivity index (χ0n) is 38.0. The first-order valence-electron chi connectivity index (χ1n) is 23.3. The molecule has 0 N–H and O–H groups in total. The molecule has 0 saturated carbocycles. The number of benzene rings is 9. The van der Waals surface area contributed by atoms with Crippen LogP contribution in [0.1, 0.15) is 23.6 Å². The molecule has 0 radical (unpaired) electrons. The van der Waals surface area contributed by atoms with Crippen molar-refractivity contribution in [3.05, 3.63) is 259 Å². The molecule has 2 unspecified atom stereocenters. The normalized spacial score (nSPS) is 16.0. The van der Waals surface area contributed by atoms with E-state index in [1.54, 1.807) is 0 Å². The van der Waals surface area contributed by atoms with Crippen LogP contribution in [0, 0.1) is 13.8 Å². The van der Waals surface area contributed by atoms with Gasteiger partial charge in [-0.25, -0.2) is 0 Å². The van der Waals surface area contributed by atoms with Crippen LogP contribution in [-0.2, 0) is 5.41 Å². The lowest BCUT2D eigenvalue weighted by Crippen LogP contribution is -2.39. The predicted molar refractivity (Wildman–Crippen MR) is 283 cm³/mol. The molecule has 4 heteroatoms. The highest BCUT2D eigenvalue weighted by atomic mass is 15.2. The van der Waals surface area contributed by atoms with Gasteiger partial charge in [0.1, 0.15) is 0 Å². The van der Waals surface area contributed by atoms with E-state index < -0.39 is 0 Å². The van der Waals surface area contributed by atoms with Gasteiger partial charge in [0.2, 0.25) is 0 Å². The number of anilines is 8. The Morgan fingerprint density at radius 2 is 0.896 bits per heavy atom. The van der Waals surface area contributed by atoms with Crippen molar-refractivity contribution in [2.75, 3.05) is 14.7 Å². The lowest BCUT2D eigenvalue weighted by atomic mass is 9.76. The largest absolute Gasteiger partial charge is 0.333 e. The minimum Gasteiger partial charge on any atom is -0.333 e. The van der Waals surface area contributed by atoms with E-state index in [1.165, 1.54) is 49.9 Å². The Hall–Kier alpha value is -8.34.